The van der Waals surface area contributed by atoms with Gasteiger partial charge in [0.15, 0.2) is 11.0 Å². The Morgan fingerprint density at radius 3 is 2.84 bits per heavy atom. The first-order chi connectivity index (χ1) is 10.2. The van der Waals surface area contributed by atoms with E-state index in [0.29, 0.717) is 0 Å². The molecule has 0 bridgehead atoms. The molecule has 3 rings (SSSR count). The number of hydrogen-bond donors (Lipinski definition) is 0. The van der Waals surface area contributed by atoms with Crippen LogP contribution in [-0.2, 0) is 0 Å². The lowest BCUT2D eigenvalue weighted by Crippen LogP contribution is -2.23. The van der Waals surface area contributed by atoms with Crippen molar-refractivity contribution in [3.63, 3.8) is 0 Å². The molecule has 2 heterocycles. The van der Waals surface area contributed by atoms with E-state index in [0.717, 1.165) is 11.1 Å². The number of fused-ring (bicyclic) bond motifs is 1. The van der Waals surface area contributed by atoms with E-state index in [1.807, 2.05) is 0 Å². The summed E-state index contributed by atoms with van der Waals surface area (Å²) < 4.78 is 50.2. The average Bonchev–Trinajstić information content (AvgIpc) is 3.09. The van der Waals surface area contributed by atoms with Crippen LogP contribution in [0.3, 0.4) is 0 Å². The van der Waals surface area contributed by atoms with E-state index in [9.17, 15) is 8.78 Å². The minimum Gasteiger partial charge on any atom is -0.353 e. The molecule has 2 aromatic rings. The van der Waals surface area contributed by atoms with Crippen LogP contribution in [0.4, 0.5) is 14.6 Å². The highest BCUT2D eigenvalue weighted by atomic mass is 35.5. The Balaban J connectivity index is 2.27. The van der Waals surface area contributed by atoms with E-state index in [-0.39, 0.29) is 28.4 Å². The van der Waals surface area contributed by atoms with E-state index in [4.69, 9.17) is 27.3 Å². The van der Waals surface area contributed by atoms with Crippen molar-refractivity contribution in [2.75, 3.05) is 11.9 Å². The van der Waals surface area contributed by atoms with Gasteiger partial charge in [-0.1, -0.05) is 11.6 Å². The molecule has 0 aromatic carbocycles. The highest BCUT2D eigenvalue weighted by molar-refractivity contribution is 6.30. The lowest BCUT2D eigenvalue weighted by atomic mass is 10.2. The molecule has 0 spiro atoms. The molecule has 0 radical (unpaired) electrons. The van der Waals surface area contributed by atoms with E-state index in [1.165, 1.54) is 0 Å². The van der Waals surface area contributed by atoms with E-state index < -0.39 is 30.2 Å². The van der Waals surface area contributed by atoms with Crippen molar-refractivity contribution in [2.45, 2.75) is 18.6 Å². The van der Waals surface area contributed by atoms with Crippen LogP contribution >= 0.6 is 23.2 Å². The van der Waals surface area contributed by atoms with Crippen molar-refractivity contribution in [2.24, 2.45) is 0 Å². The molecular formula is C11H8Cl2F2N4. The Morgan fingerprint density at radius 2 is 2.21 bits per heavy atom. The molecule has 1 fully saturated rings. The van der Waals surface area contributed by atoms with Crippen molar-refractivity contribution in [3.8, 4) is 0 Å². The van der Waals surface area contributed by atoms with Gasteiger partial charge in [0.2, 0.25) is 5.28 Å². The van der Waals surface area contributed by atoms with Gasteiger partial charge in [-0.3, -0.25) is 0 Å². The van der Waals surface area contributed by atoms with Crippen LogP contribution in [0, 0.1) is 5.82 Å². The van der Waals surface area contributed by atoms with E-state index in [2.05, 4.69) is 15.0 Å². The van der Waals surface area contributed by atoms with Crippen LogP contribution in [0.25, 0.3) is 10.9 Å². The maximum absolute atomic E-state index is 14.0. The fourth-order valence-corrected chi connectivity index (χ4v) is 2.06. The number of halogens is 4. The number of rotatable bonds is 2. The van der Waals surface area contributed by atoms with Gasteiger partial charge in [0.25, 0.3) is 0 Å². The Kier molecular flexibility index (Phi) is 2.22. The highest BCUT2D eigenvalue weighted by Gasteiger charge is 2.42. The maximum atomic E-state index is 14.0. The summed E-state index contributed by atoms with van der Waals surface area (Å²) in [6.07, 6.45) is -0.111. The molecule has 4 nitrogen and oxygen atoms in total. The van der Waals surface area contributed by atoms with Crippen LogP contribution in [-0.4, -0.2) is 34.1 Å². The van der Waals surface area contributed by atoms with Crippen molar-refractivity contribution >= 4 is 39.9 Å². The summed E-state index contributed by atoms with van der Waals surface area (Å²) in [5, 5.41) is -0.793. The smallest absolute Gasteiger partial charge is 0.225 e. The normalized spacial score (nSPS) is 24.7. The average molecular weight is 308 g/mol. The molecule has 1 aliphatic rings. The molecule has 1 aliphatic carbocycles. The Hall–Kier alpha value is -1.27. The Labute approximate surface area is 121 Å². The third-order valence-electron chi connectivity index (χ3n) is 2.84. The highest BCUT2D eigenvalue weighted by Crippen LogP contribution is 2.36. The van der Waals surface area contributed by atoms with Crippen LogP contribution in [0.1, 0.15) is 10.5 Å². The fraction of sp³-hybridized carbons (Fsp3) is 0.364. The lowest BCUT2D eigenvalue weighted by Gasteiger charge is -2.19. The summed E-state index contributed by atoms with van der Waals surface area (Å²) in [6.45, 7) is -2.67. The van der Waals surface area contributed by atoms with Crippen LogP contribution < -0.4 is 4.90 Å². The van der Waals surface area contributed by atoms with Crippen LogP contribution in [0.15, 0.2) is 6.20 Å². The third kappa shape index (κ3) is 2.08. The Bertz CT molecular complexity index is 758. The van der Waals surface area contributed by atoms with Gasteiger partial charge in [-0.05, 0) is 11.6 Å². The Morgan fingerprint density at radius 1 is 1.47 bits per heavy atom. The summed E-state index contributed by atoms with van der Waals surface area (Å²) >= 11 is 11.3. The molecule has 0 N–H and O–H groups in total. The molecule has 1 saturated carbocycles. The van der Waals surface area contributed by atoms with Crippen LogP contribution in [0.2, 0.25) is 10.4 Å². The van der Waals surface area contributed by atoms with Gasteiger partial charge >= 0.3 is 0 Å². The second kappa shape index (κ2) is 4.38. The minimum absolute atomic E-state index is 0.00141. The SMILES string of the molecule is [2H]C([2H])([2H])N(c1nc(Cl)nc2c(F)c(Cl)ncc12)[C@@H]1C[C@H]1F. The molecule has 19 heavy (non-hydrogen) atoms. The summed E-state index contributed by atoms with van der Waals surface area (Å²) in [5.74, 6) is -1.13. The second-order valence-electron chi connectivity index (χ2n) is 4.13. The van der Waals surface area contributed by atoms with E-state index in [1.54, 1.807) is 0 Å². The summed E-state index contributed by atoms with van der Waals surface area (Å²) in [4.78, 5) is 12.0. The lowest BCUT2D eigenvalue weighted by molar-refractivity contribution is 0.464. The molecule has 8 heteroatoms. The quantitative estimate of drug-likeness (QED) is 0.632. The van der Waals surface area contributed by atoms with Gasteiger partial charge in [0, 0.05) is 23.7 Å². The largest absolute Gasteiger partial charge is 0.353 e. The summed E-state index contributed by atoms with van der Waals surface area (Å²) in [6, 6.07) is -0.875. The van der Waals surface area contributed by atoms with Gasteiger partial charge in [0.05, 0.1) is 11.4 Å². The first-order valence-corrected chi connectivity index (χ1v) is 6.06. The zero-order valence-corrected chi connectivity index (χ0v) is 10.8. The van der Waals surface area contributed by atoms with Gasteiger partial charge in [0.1, 0.15) is 17.5 Å². The van der Waals surface area contributed by atoms with E-state index >= 15 is 0 Å². The number of nitrogens with zero attached hydrogens (tertiary/aromatic N) is 4. The molecule has 2 aromatic heterocycles. The number of pyridine rings is 1. The number of alkyl halides is 1. The van der Waals surface area contributed by atoms with Crippen molar-refractivity contribution in [1.29, 1.82) is 0 Å². The fourth-order valence-electron chi connectivity index (χ4n) is 1.75. The summed E-state index contributed by atoms with van der Waals surface area (Å²) in [5.41, 5.74) is -0.264. The maximum Gasteiger partial charge on any atom is 0.225 e. The standard InChI is InChI=1S/C11H8Cl2F2N4/c1-19(6-2-5(6)14)10-4-3-16-9(12)7(15)8(4)17-11(13)18-10/h3,5-6H,2H2,1H3/t5-,6-/m1/s1/i1D3. The molecule has 0 saturated heterocycles. The molecule has 0 aliphatic heterocycles. The second-order valence-corrected chi connectivity index (χ2v) is 4.83. The van der Waals surface area contributed by atoms with Crippen molar-refractivity contribution in [3.05, 3.63) is 22.5 Å². The molecular weight excluding hydrogens is 297 g/mol. The zero-order valence-electron chi connectivity index (χ0n) is 12.2. The van der Waals surface area contributed by atoms with Gasteiger partial charge in [-0.25, -0.2) is 18.7 Å². The predicted molar refractivity (Wildman–Crippen MR) is 69.0 cm³/mol. The number of hydrogen-bond acceptors (Lipinski definition) is 4. The topological polar surface area (TPSA) is 41.9 Å². The molecule has 0 unspecified atom stereocenters. The molecule has 2 atom stereocenters. The van der Waals surface area contributed by atoms with Crippen molar-refractivity contribution in [1.82, 2.24) is 15.0 Å². The summed E-state index contributed by atoms with van der Waals surface area (Å²) in [7, 11) is 0. The zero-order chi connectivity index (χ0) is 16.2. The first kappa shape index (κ1) is 9.61. The monoisotopic (exact) mass is 307 g/mol. The molecule has 0 amide bonds. The van der Waals surface area contributed by atoms with Gasteiger partial charge in [-0.15, -0.1) is 0 Å². The molecule has 100 valence electrons. The van der Waals surface area contributed by atoms with Gasteiger partial charge in [-0.2, -0.15) is 4.98 Å². The van der Waals surface area contributed by atoms with Crippen LogP contribution in [0.5, 0.6) is 0 Å². The predicted octanol–water partition coefficient (Wildman–Crippen LogP) is 3.02. The van der Waals surface area contributed by atoms with Gasteiger partial charge < -0.3 is 4.90 Å². The minimum atomic E-state index is -2.67. The first-order valence-electron chi connectivity index (χ1n) is 6.81. The third-order valence-corrected chi connectivity index (χ3v) is 3.27. The number of aromatic nitrogens is 3. The van der Waals surface area contributed by atoms with Crippen molar-refractivity contribution < 1.29 is 12.9 Å². The number of anilines is 1.